The Morgan fingerprint density at radius 3 is 2.84 bits per heavy atom. The minimum absolute atomic E-state index is 0.00416. The van der Waals surface area contributed by atoms with Crippen LogP contribution in [0.3, 0.4) is 0 Å². The van der Waals surface area contributed by atoms with Crippen molar-refractivity contribution in [2.24, 2.45) is 11.8 Å². The fraction of sp³-hybridized carbons (Fsp3) is 0.667. The number of halogens is 1. The molecule has 1 heterocycles. The molecule has 0 bridgehead atoms. The average Bonchev–Trinajstić information content (AvgIpc) is 2.93. The fourth-order valence-electron chi connectivity index (χ4n) is 2.89. The highest BCUT2D eigenvalue weighted by Crippen LogP contribution is 2.30. The van der Waals surface area contributed by atoms with Crippen LogP contribution in [-0.4, -0.2) is 17.8 Å². The summed E-state index contributed by atoms with van der Waals surface area (Å²) < 4.78 is 5.30. The van der Waals surface area contributed by atoms with Crippen LogP contribution in [0.2, 0.25) is 0 Å². The van der Waals surface area contributed by atoms with E-state index in [2.05, 4.69) is 21.2 Å². The Labute approximate surface area is 123 Å². The molecule has 1 saturated carbocycles. The SMILES string of the molecule is CCc1occc1C(=O)NCC1CCCCC1CBr. The standard InChI is InChI=1S/C15H22BrNO2/c1-2-14-13(7-8-19-14)15(18)17-10-12-6-4-3-5-11(12)9-16/h7-8,11-12H,2-6,9-10H2,1H3,(H,17,18). The van der Waals surface area contributed by atoms with E-state index in [-0.39, 0.29) is 5.91 Å². The molecule has 1 aliphatic rings. The van der Waals surface area contributed by atoms with E-state index in [1.807, 2.05) is 6.92 Å². The lowest BCUT2D eigenvalue weighted by Gasteiger charge is -2.30. The van der Waals surface area contributed by atoms with Crippen LogP contribution in [0.5, 0.6) is 0 Å². The van der Waals surface area contributed by atoms with Gasteiger partial charge in [-0.1, -0.05) is 35.7 Å². The second kappa shape index (κ2) is 7.13. The molecular weight excluding hydrogens is 306 g/mol. The Hall–Kier alpha value is -0.770. The topological polar surface area (TPSA) is 42.2 Å². The van der Waals surface area contributed by atoms with Crippen molar-refractivity contribution in [3.63, 3.8) is 0 Å². The van der Waals surface area contributed by atoms with Crippen LogP contribution >= 0.6 is 15.9 Å². The number of furan rings is 1. The lowest BCUT2D eigenvalue weighted by atomic mass is 9.80. The summed E-state index contributed by atoms with van der Waals surface area (Å²) in [5.41, 5.74) is 0.689. The molecule has 1 N–H and O–H groups in total. The second-order valence-electron chi connectivity index (χ2n) is 5.28. The van der Waals surface area contributed by atoms with Crippen LogP contribution in [-0.2, 0) is 6.42 Å². The Morgan fingerprint density at radius 2 is 2.16 bits per heavy atom. The third-order valence-corrected chi connectivity index (χ3v) is 4.93. The molecule has 2 unspecified atom stereocenters. The summed E-state index contributed by atoms with van der Waals surface area (Å²) in [5, 5.41) is 4.12. The van der Waals surface area contributed by atoms with Crippen molar-refractivity contribution in [2.45, 2.75) is 39.0 Å². The van der Waals surface area contributed by atoms with Crippen molar-refractivity contribution in [3.05, 3.63) is 23.7 Å². The van der Waals surface area contributed by atoms with Crippen LogP contribution in [0.25, 0.3) is 0 Å². The van der Waals surface area contributed by atoms with E-state index in [4.69, 9.17) is 4.42 Å². The van der Waals surface area contributed by atoms with E-state index in [1.54, 1.807) is 12.3 Å². The molecule has 1 aromatic heterocycles. The van der Waals surface area contributed by atoms with Crippen molar-refractivity contribution >= 4 is 21.8 Å². The molecule has 0 saturated heterocycles. The number of hydrogen-bond acceptors (Lipinski definition) is 2. The summed E-state index contributed by atoms with van der Waals surface area (Å²) in [5.74, 6) is 2.08. The molecule has 1 aliphatic carbocycles. The molecule has 1 aromatic rings. The predicted octanol–water partition coefficient (Wildman–Crippen LogP) is 3.77. The molecule has 3 nitrogen and oxygen atoms in total. The van der Waals surface area contributed by atoms with Gasteiger partial charge in [0.15, 0.2) is 0 Å². The largest absolute Gasteiger partial charge is 0.469 e. The van der Waals surface area contributed by atoms with Crippen LogP contribution in [0.15, 0.2) is 16.7 Å². The molecule has 19 heavy (non-hydrogen) atoms. The van der Waals surface area contributed by atoms with E-state index in [1.165, 1.54) is 25.7 Å². The van der Waals surface area contributed by atoms with Gasteiger partial charge in [-0.25, -0.2) is 0 Å². The highest BCUT2D eigenvalue weighted by Gasteiger charge is 2.25. The van der Waals surface area contributed by atoms with E-state index in [9.17, 15) is 4.79 Å². The van der Waals surface area contributed by atoms with Gasteiger partial charge in [-0.15, -0.1) is 0 Å². The summed E-state index contributed by atoms with van der Waals surface area (Å²) in [6.07, 6.45) is 7.46. The Bertz CT molecular complexity index is 416. The number of carbonyl (C=O) groups is 1. The lowest BCUT2D eigenvalue weighted by Crippen LogP contribution is -2.35. The Balaban J connectivity index is 1.89. The number of amides is 1. The zero-order valence-electron chi connectivity index (χ0n) is 11.5. The van der Waals surface area contributed by atoms with Gasteiger partial charge >= 0.3 is 0 Å². The number of aryl methyl sites for hydroxylation is 1. The maximum Gasteiger partial charge on any atom is 0.254 e. The summed E-state index contributed by atoms with van der Waals surface area (Å²) in [6.45, 7) is 2.78. The average molecular weight is 328 g/mol. The first-order valence-corrected chi connectivity index (χ1v) is 8.29. The van der Waals surface area contributed by atoms with Gasteiger partial charge in [-0.3, -0.25) is 4.79 Å². The van der Waals surface area contributed by atoms with Crippen LogP contribution in [0.1, 0.15) is 48.7 Å². The quantitative estimate of drug-likeness (QED) is 0.836. The summed E-state index contributed by atoms with van der Waals surface area (Å²) in [7, 11) is 0. The van der Waals surface area contributed by atoms with Crippen LogP contribution in [0.4, 0.5) is 0 Å². The normalized spacial score (nSPS) is 23.3. The van der Waals surface area contributed by atoms with Crippen molar-refractivity contribution in [1.82, 2.24) is 5.32 Å². The molecule has 2 atom stereocenters. The fourth-order valence-corrected chi connectivity index (χ4v) is 3.74. The molecule has 0 radical (unpaired) electrons. The summed E-state index contributed by atoms with van der Waals surface area (Å²) in [6, 6.07) is 1.76. The summed E-state index contributed by atoms with van der Waals surface area (Å²) >= 11 is 3.59. The van der Waals surface area contributed by atoms with Crippen molar-refractivity contribution in [3.8, 4) is 0 Å². The highest BCUT2D eigenvalue weighted by atomic mass is 79.9. The van der Waals surface area contributed by atoms with E-state index in [0.29, 0.717) is 17.4 Å². The third-order valence-electron chi connectivity index (χ3n) is 4.10. The maximum atomic E-state index is 12.1. The number of alkyl halides is 1. The van der Waals surface area contributed by atoms with Gasteiger partial charge in [0.1, 0.15) is 5.76 Å². The highest BCUT2D eigenvalue weighted by molar-refractivity contribution is 9.09. The van der Waals surface area contributed by atoms with Gasteiger partial charge in [0.05, 0.1) is 11.8 Å². The smallest absolute Gasteiger partial charge is 0.254 e. The molecular formula is C15H22BrNO2. The zero-order valence-corrected chi connectivity index (χ0v) is 13.0. The summed E-state index contributed by atoms with van der Waals surface area (Å²) in [4.78, 5) is 12.1. The van der Waals surface area contributed by atoms with Crippen molar-refractivity contribution < 1.29 is 9.21 Å². The van der Waals surface area contributed by atoms with Gasteiger partial charge in [0.25, 0.3) is 5.91 Å². The van der Waals surface area contributed by atoms with E-state index in [0.717, 1.165) is 24.1 Å². The molecule has 2 rings (SSSR count). The molecule has 106 valence electrons. The van der Waals surface area contributed by atoms with Gasteiger partial charge < -0.3 is 9.73 Å². The van der Waals surface area contributed by atoms with Crippen LogP contribution < -0.4 is 5.32 Å². The number of hydrogen-bond donors (Lipinski definition) is 1. The first-order valence-electron chi connectivity index (χ1n) is 7.16. The number of nitrogens with one attached hydrogen (secondary N) is 1. The second-order valence-corrected chi connectivity index (χ2v) is 5.93. The Morgan fingerprint density at radius 1 is 1.42 bits per heavy atom. The van der Waals surface area contributed by atoms with Gasteiger partial charge in [-0.05, 0) is 30.7 Å². The molecule has 0 aliphatic heterocycles. The monoisotopic (exact) mass is 327 g/mol. The molecule has 1 fully saturated rings. The predicted molar refractivity (Wildman–Crippen MR) is 79.7 cm³/mol. The first kappa shape index (κ1) is 14.6. The number of carbonyl (C=O) groups excluding carboxylic acids is 1. The van der Waals surface area contributed by atoms with Gasteiger partial charge in [0, 0.05) is 18.3 Å². The number of rotatable bonds is 5. The molecule has 0 spiro atoms. The lowest BCUT2D eigenvalue weighted by molar-refractivity contribution is 0.0935. The van der Waals surface area contributed by atoms with E-state index < -0.39 is 0 Å². The van der Waals surface area contributed by atoms with Crippen LogP contribution in [0, 0.1) is 11.8 Å². The third kappa shape index (κ3) is 3.62. The zero-order chi connectivity index (χ0) is 13.7. The van der Waals surface area contributed by atoms with Gasteiger partial charge in [-0.2, -0.15) is 0 Å². The molecule has 4 heteroatoms. The molecule has 1 amide bonds. The first-order chi connectivity index (χ1) is 9.26. The minimum Gasteiger partial charge on any atom is -0.469 e. The van der Waals surface area contributed by atoms with Gasteiger partial charge in [0.2, 0.25) is 0 Å². The maximum absolute atomic E-state index is 12.1. The van der Waals surface area contributed by atoms with Crippen molar-refractivity contribution in [1.29, 1.82) is 0 Å². The van der Waals surface area contributed by atoms with E-state index >= 15 is 0 Å². The van der Waals surface area contributed by atoms with Crippen molar-refractivity contribution in [2.75, 3.05) is 11.9 Å². The minimum atomic E-state index is 0.00416. The Kier molecular flexibility index (Phi) is 5.49. The molecule has 0 aromatic carbocycles.